The highest BCUT2D eigenvalue weighted by atomic mass is 16.5. The number of aliphatic hydroxyl groups is 1. The van der Waals surface area contributed by atoms with Crippen molar-refractivity contribution in [3.05, 3.63) is 95.2 Å². The molecular weight excluding hydrogens is 484 g/mol. The number of rotatable bonds is 8. The quantitative estimate of drug-likeness (QED) is 0.199. The van der Waals surface area contributed by atoms with Gasteiger partial charge < -0.3 is 29.2 Å². The lowest BCUT2D eigenvalue weighted by Crippen LogP contribution is -2.31. The van der Waals surface area contributed by atoms with Crippen LogP contribution in [-0.4, -0.2) is 54.6 Å². The first-order chi connectivity index (χ1) is 18.4. The highest BCUT2D eigenvalue weighted by molar-refractivity contribution is 6.46. The molecule has 194 valence electrons. The van der Waals surface area contributed by atoms with Gasteiger partial charge in [-0.3, -0.25) is 9.59 Å². The lowest BCUT2D eigenvalue weighted by molar-refractivity contribution is -0.139. The molecule has 8 nitrogen and oxygen atoms in total. The van der Waals surface area contributed by atoms with E-state index in [9.17, 15) is 14.7 Å². The zero-order valence-electron chi connectivity index (χ0n) is 21.4. The summed E-state index contributed by atoms with van der Waals surface area (Å²) in [6.45, 7) is 0.260. The molecular formula is C30H28N2O6. The molecule has 1 atom stereocenters. The number of nitrogens with zero attached hydrogens (tertiary/aromatic N) is 1. The average molecular weight is 513 g/mol. The van der Waals surface area contributed by atoms with E-state index < -0.39 is 17.7 Å². The molecule has 0 radical (unpaired) electrons. The number of ketones is 1. The zero-order chi connectivity index (χ0) is 26.8. The van der Waals surface area contributed by atoms with Crippen molar-refractivity contribution in [3.8, 4) is 17.2 Å². The number of methoxy groups -OCH3 is 3. The minimum Gasteiger partial charge on any atom is -0.507 e. The summed E-state index contributed by atoms with van der Waals surface area (Å²) in [5, 5.41) is 12.3. The van der Waals surface area contributed by atoms with E-state index >= 15 is 0 Å². The molecule has 5 rings (SSSR count). The van der Waals surface area contributed by atoms with Gasteiger partial charge in [-0.2, -0.15) is 0 Å². The summed E-state index contributed by atoms with van der Waals surface area (Å²) in [7, 11) is 4.72. The number of fused-ring (bicyclic) bond motifs is 1. The van der Waals surface area contributed by atoms with Gasteiger partial charge in [-0.1, -0.05) is 12.1 Å². The van der Waals surface area contributed by atoms with Crippen molar-refractivity contribution in [2.24, 2.45) is 0 Å². The van der Waals surface area contributed by atoms with Crippen LogP contribution in [-0.2, 0) is 16.0 Å². The molecule has 1 saturated heterocycles. The molecule has 0 unspecified atom stereocenters. The summed E-state index contributed by atoms with van der Waals surface area (Å²) in [4.78, 5) is 31.5. The molecule has 1 amide bonds. The van der Waals surface area contributed by atoms with Gasteiger partial charge in [-0.15, -0.1) is 0 Å². The summed E-state index contributed by atoms with van der Waals surface area (Å²) in [6.07, 6.45) is 2.39. The molecule has 2 heterocycles. The van der Waals surface area contributed by atoms with Crippen LogP contribution in [0.4, 0.5) is 0 Å². The van der Waals surface area contributed by atoms with E-state index in [0.29, 0.717) is 29.0 Å². The number of nitrogens with one attached hydrogen (secondary N) is 1. The summed E-state index contributed by atoms with van der Waals surface area (Å²) < 4.78 is 16.0. The number of hydrogen-bond acceptors (Lipinski definition) is 6. The second-order valence-corrected chi connectivity index (χ2v) is 8.97. The zero-order valence-corrected chi connectivity index (χ0v) is 21.4. The molecule has 2 N–H and O–H groups in total. The number of aromatic amines is 1. The number of ether oxygens (including phenoxy) is 3. The number of benzene rings is 3. The first-order valence-corrected chi connectivity index (χ1v) is 12.2. The monoisotopic (exact) mass is 512 g/mol. The van der Waals surface area contributed by atoms with E-state index in [4.69, 9.17) is 14.2 Å². The van der Waals surface area contributed by atoms with Crippen LogP contribution in [0, 0.1) is 0 Å². The van der Waals surface area contributed by atoms with Gasteiger partial charge in [0.05, 0.1) is 32.9 Å². The van der Waals surface area contributed by atoms with E-state index in [1.54, 1.807) is 63.8 Å². The van der Waals surface area contributed by atoms with Crippen molar-refractivity contribution >= 4 is 28.4 Å². The Bertz CT molecular complexity index is 1540. The van der Waals surface area contributed by atoms with Crippen molar-refractivity contribution in [1.82, 2.24) is 9.88 Å². The molecule has 1 aliphatic heterocycles. The SMILES string of the molecule is COc1ccc(C(O)=C2C(=O)C(=O)N(CCc3c[nH]c4ccc(OC)cc34)[C@@H]2c2cccc(OC)c2)cc1. The number of H-pyrrole nitrogens is 1. The number of Topliss-reactive ketones (excluding diaryl/α,β-unsaturated/α-hetero) is 1. The number of carbonyl (C=O) groups excluding carboxylic acids is 2. The third-order valence-electron chi connectivity index (χ3n) is 6.91. The minimum atomic E-state index is -0.785. The Kier molecular flexibility index (Phi) is 6.79. The molecule has 3 aromatic carbocycles. The van der Waals surface area contributed by atoms with Crippen LogP contribution in [0.25, 0.3) is 16.7 Å². The lowest BCUT2D eigenvalue weighted by Gasteiger charge is -2.25. The van der Waals surface area contributed by atoms with E-state index in [2.05, 4.69) is 4.98 Å². The average Bonchev–Trinajstić information content (AvgIpc) is 3.48. The van der Waals surface area contributed by atoms with Gasteiger partial charge in [0, 0.05) is 29.2 Å². The number of aliphatic hydroxyl groups excluding tert-OH is 1. The van der Waals surface area contributed by atoms with Crippen LogP contribution in [0.3, 0.4) is 0 Å². The maximum absolute atomic E-state index is 13.4. The Morgan fingerprint density at radius 2 is 1.58 bits per heavy atom. The fourth-order valence-corrected chi connectivity index (χ4v) is 4.91. The first-order valence-electron chi connectivity index (χ1n) is 12.2. The van der Waals surface area contributed by atoms with Gasteiger partial charge in [-0.05, 0) is 72.1 Å². The molecule has 38 heavy (non-hydrogen) atoms. The predicted octanol–water partition coefficient (Wildman–Crippen LogP) is 4.86. The molecule has 8 heteroatoms. The van der Waals surface area contributed by atoms with E-state index in [1.807, 2.05) is 30.5 Å². The summed E-state index contributed by atoms with van der Waals surface area (Å²) in [5.41, 5.74) is 3.06. The summed E-state index contributed by atoms with van der Waals surface area (Å²) >= 11 is 0. The largest absolute Gasteiger partial charge is 0.507 e. The second-order valence-electron chi connectivity index (χ2n) is 8.97. The standard InChI is InChI=1S/C30H28N2O6/c1-36-21-9-7-18(8-10-21)28(33)26-27(19-5-4-6-22(15-19)37-2)32(30(35)29(26)34)14-13-20-17-31-25-12-11-23(38-3)16-24(20)25/h4-12,15-17,27,31,33H,13-14H2,1-3H3/t27-/m1/s1. The molecule has 0 bridgehead atoms. The smallest absolute Gasteiger partial charge is 0.295 e. The fourth-order valence-electron chi connectivity index (χ4n) is 4.91. The minimum absolute atomic E-state index is 0.0361. The maximum atomic E-state index is 13.4. The van der Waals surface area contributed by atoms with Crippen molar-refractivity contribution in [3.63, 3.8) is 0 Å². The molecule has 4 aromatic rings. The third-order valence-corrected chi connectivity index (χ3v) is 6.91. The second kappa shape index (κ2) is 10.3. The molecule has 1 fully saturated rings. The van der Waals surface area contributed by atoms with E-state index in [-0.39, 0.29) is 17.9 Å². The van der Waals surface area contributed by atoms with Gasteiger partial charge in [-0.25, -0.2) is 0 Å². The number of aromatic nitrogens is 1. The third kappa shape index (κ3) is 4.45. The normalized spacial score (nSPS) is 16.7. The molecule has 0 spiro atoms. The van der Waals surface area contributed by atoms with E-state index in [1.165, 1.54) is 4.90 Å². The Morgan fingerprint density at radius 1 is 0.895 bits per heavy atom. The highest BCUT2D eigenvalue weighted by Gasteiger charge is 2.46. The van der Waals surface area contributed by atoms with Crippen LogP contribution < -0.4 is 14.2 Å². The van der Waals surface area contributed by atoms with Gasteiger partial charge >= 0.3 is 0 Å². The Balaban J connectivity index is 1.56. The maximum Gasteiger partial charge on any atom is 0.295 e. The topological polar surface area (TPSA) is 101 Å². The number of likely N-dealkylation sites (tertiary alicyclic amines) is 1. The summed E-state index contributed by atoms with van der Waals surface area (Å²) in [6, 6.07) is 18.9. The van der Waals surface area contributed by atoms with Gasteiger partial charge in [0.15, 0.2) is 0 Å². The number of hydrogen-bond donors (Lipinski definition) is 2. The van der Waals surface area contributed by atoms with Crippen LogP contribution in [0.2, 0.25) is 0 Å². The Morgan fingerprint density at radius 3 is 2.29 bits per heavy atom. The van der Waals surface area contributed by atoms with Gasteiger partial charge in [0.2, 0.25) is 0 Å². The summed E-state index contributed by atoms with van der Waals surface area (Å²) in [5.74, 6) is 0.299. The van der Waals surface area contributed by atoms with Crippen molar-refractivity contribution in [2.75, 3.05) is 27.9 Å². The molecule has 1 aliphatic rings. The first kappa shape index (κ1) is 25.0. The van der Waals surface area contributed by atoms with Crippen LogP contribution in [0.15, 0.2) is 78.5 Å². The lowest BCUT2D eigenvalue weighted by atomic mass is 9.95. The number of amides is 1. The fraction of sp³-hybridized carbons (Fsp3) is 0.200. The highest BCUT2D eigenvalue weighted by Crippen LogP contribution is 2.40. The Labute approximate surface area is 220 Å². The molecule has 0 aliphatic carbocycles. The van der Waals surface area contributed by atoms with Crippen LogP contribution in [0.1, 0.15) is 22.7 Å². The predicted molar refractivity (Wildman–Crippen MR) is 144 cm³/mol. The van der Waals surface area contributed by atoms with Gasteiger partial charge in [0.1, 0.15) is 23.0 Å². The van der Waals surface area contributed by atoms with E-state index in [0.717, 1.165) is 22.2 Å². The van der Waals surface area contributed by atoms with Crippen LogP contribution >= 0.6 is 0 Å². The van der Waals surface area contributed by atoms with Crippen molar-refractivity contribution < 1.29 is 28.9 Å². The molecule has 0 saturated carbocycles. The van der Waals surface area contributed by atoms with Gasteiger partial charge in [0.25, 0.3) is 11.7 Å². The van der Waals surface area contributed by atoms with Crippen LogP contribution in [0.5, 0.6) is 17.2 Å². The number of carbonyl (C=O) groups is 2. The molecule has 1 aromatic heterocycles. The van der Waals surface area contributed by atoms with Crippen molar-refractivity contribution in [1.29, 1.82) is 0 Å². The Hall–Kier alpha value is -4.72. The van der Waals surface area contributed by atoms with Crippen molar-refractivity contribution in [2.45, 2.75) is 12.5 Å².